The van der Waals surface area contributed by atoms with Crippen LogP contribution in [0.2, 0.25) is 0 Å². The van der Waals surface area contributed by atoms with Gasteiger partial charge in [-0.25, -0.2) is 0 Å². The monoisotopic (exact) mass is 450 g/mol. The fraction of sp³-hybridized carbons (Fsp3) is 0.440. The highest BCUT2D eigenvalue weighted by atomic mass is 16.5. The molecule has 2 N–H and O–H groups in total. The average Bonchev–Trinajstić information content (AvgIpc) is 2.82. The van der Waals surface area contributed by atoms with E-state index < -0.39 is 0 Å². The lowest BCUT2D eigenvalue weighted by atomic mass is 10.1. The normalized spacial score (nSPS) is 21.7. The minimum Gasteiger partial charge on any atom is -0.497 e. The van der Waals surface area contributed by atoms with Crippen molar-refractivity contribution in [2.24, 2.45) is 5.73 Å². The highest BCUT2D eigenvalue weighted by Crippen LogP contribution is 2.20. The largest absolute Gasteiger partial charge is 0.497 e. The second-order valence-electron chi connectivity index (χ2n) is 8.65. The lowest BCUT2D eigenvalue weighted by molar-refractivity contribution is -0.137. The van der Waals surface area contributed by atoms with Crippen molar-refractivity contribution in [2.45, 2.75) is 18.2 Å². The first kappa shape index (κ1) is 23.2. The fourth-order valence-corrected chi connectivity index (χ4v) is 4.42. The molecule has 2 aromatic rings. The summed E-state index contributed by atoms with van der Waals surface area (Å²) >= 11 is 0. The van der Waals surface area contributed by atoms with Crippen LogP contribution in [-0.4, -0.2) is 86.8 Å². The van der Waals surface area contributed by atoms with Gasteiger partial charge in [0.1, 0.15) is 18.1 Å². The number of Topliss-reactive ketones (excluding diaryl/α,β-unsaturated/α-hetero) is 1. The molecule has 2 heterocycles. The van der Waals surface area contributed by atoms with Gasteiger partial charge in [-0.15, -0.1) is 0 Å². The van der Waals surface area contributed by atoms with Gasteiger partial charge in [-0.2, -0.15) is 5.26 Å². The number of carbonyl (C=O) groups excluding carboxylic acids is 1. The summed E-state index contributed by atoms with van der Waals surface area (Å²) in [5.41, 5.74) is 7.61. The molecule has 3 atom stereocenters. The van der Waals surface area contributed by atoms with E-state index in [2.05, 4.69) is 15.9 Å². The molecule has 2 unspecified atom stereocenters. The van der Waals surface area contributed by atoms with E-state index in [0.717, 1.165) is 38.5 Å². The highest BCUT2D eigenvalue weighted by molar-refractivity contribution is 5.97. The summed E-state index contributed by atoms with van der Waals surface area (Å²) in [5, 5.41) is 8.88. The van der Waals surface area contributed by atoms with Gasteiger partial charge in [0.25, 0.3) is 0 Å². The minimum absolute atomic E-state index is 0.0628. The fourth-order valence-electron chi connectivity index (χ4n) is 4.42. The summed E-state index contributed by atoms with van der Waals surface area (Å²) in [4.78, 5) is 17.2. The maximum absolute atomic E-state index is 12.7. The molecular formula is C25H30N4O4. The standard InChI is InChI=1S/C25H30N4O4/c1-31-21-8-4-19(5-9-21)25(30)16-29-14-23-12-28(13-24(15-29)33-23)11-20(27)17-32-22-6-2-18(10-26)3-7-22/h2-9,20,23-24H,11-17,27H2,1H3/t20-,23?,24?/m1/s1. The Morgan fingerprint density at radius 2 is 1.67 bits per heavy atom. The van der Waals surface area contributed by atoms with E-state index in [1.165, 1.54) is 0 Å². The van der Waals surface area contributed by atoms with Gasteiger partial charge in [-0.05, 0) is 48.5 Å². The van der Waals surface area contributed by atoms with Crippen LogP contribution in [-0.2, 0) is 4.74 Å². The summed E-state index contributed by atoms with van der Waals surface area (Å²) in [6.07, 6.45) is 0.126. The summed E-state index contributed by atoms with van der Waals surface area (Å²) in [5.74, 6) is 1.56. The van der Waals surface area contributed by atoms with Crippen molar-refractivity contribution >= 4 is 5.78 Å². The molecule has 0 spiro atoms. The van der Waals surface area contributed by atoms with E-state index >= 15 is 0 Å². The minimum atomic E-state index is -0.132. The number of ether oxygens (including phenoxy) is 3. The molecule has 33 heavy (non-hydrogen) atoms. The van der Waals surface area contributed by atoms with Crippen LogP contribution >= 0.6 is 0 Å². The molecule has 0 aliphatic carbocycles. The summed E-state index contributed by atoms with van der Waals surface area (Å²) < 4.78 is 17.1. The summed E-state index contributed by atoms with van der Waals surface area (Å²) in [6, 6.07) is 16.2. The van der Waals surface area contributed by atoms with Crippen molar-refractivity contribution in [1.29, 1.82) is 5.26 Å². The van der Waals surface area contributed by atoms with Gasteiger partial charge in [0.2, 0.25) is 0 Å². The molecular weight excluding hydrogens is 420 g/mol. The third kappa shape index (κ3) is 6.30. The molecule has 0 amide bonds. The summed E-state index contributed by atoms with van der Waals surface area (Å²) in [7, 11) is 1.61. The van der Waals surface area contributed by atoms with Gasteiger partial charge in [0.05, 0.1) is 43.5 Å². The van der Waals surface area contributed by atoms with Crippen LogP contribution in [0.3, 0.4) is 0 Å². The predicted molar refractivity (Wildman–Crippen MR) is 123 cm³/mol. The molecule has 2 aliphatic heterocycles. The van der Waals surface area contributed by atoms with Crippen LogP contribution in [0.5, 0.6) is 11.5 Å². The Morgan fingerprint density at radius 3 is 2.27 bits per heavy atom. The van der Waals surface area contributed by atoms with Crippen molar-refractivity contribution in [3.8, 4) is 17.6 Å². The predicted octanol–water partition coefficient (Wildman–Crippen LogP) is 1.54. The second kappa shape index (κ2) is 10.8. The van der Waals surface area contributed by atoms with Gasteiger partial charge in [0, 0.05) is 38.3 Å². The Balaban J connectivity index is 1.22. The van der Waals surface area contributed by atoms with Gasteiger partial charge >= 0.3 is 0 Å². The molecule has 8 nitrogen and oxygen atoms in total. The van der Waals surface area contributed by atoms with E-state index in [4.69, 9.17) is 25.2 Å². The van der Waals surface area contributed by atoms with Crippen LogP contribution in [0.15, 0.2) is 48.5 Å². The molecule has 8 heteroatoms. The molecule has 4 rings (SSSR count). The molecule has 2 aromatic carbocycles. The SMILES string of the molecule is COc1ccc(C(=O)CN2CC3CN(C[C@@H](N)COc4ccc(C#N)cc4)CC(C2)O3)cc1. The van der Waals surface area contributed by atoms with Gasteiger partial charge in [0.15, 0.2) is 5.78 Å². The Labute approximate surface area is 194 Å². The number of hydrogen-bond acceptors (Lipinski definition) is 8. The van der Waals surface area contributed by atoms with E-state index in [9.17, 15) is 4.79 Å². The maximum atomic E-state index is 12.7. The van der Waals surface area contributed by atoms with Crippen LogP contribution in [0.25, 0.3) is 0 Å². The van der Waals surface area contributed by atoms with E-state index in [1.807, 2.05) is 24.3 Å². The quantitative estimate of drug-likeness (QED) is 0.574. The molecule has 2 saturated heterocycles. The number of fused-ring (bicyclic) bond motifs is 2. The molecule has 2 fully saturated rings. The second-order valence-corrected chi connectivity index (χ2v) is 8.65. The number of rotatable bonds is 9. The van der Waals surface area contributed by atoms with Crippen molar-refractivity contribution in [1.82, 2.24) is 9.80 Å². The van der Waals surface area contributed by atoms with E-state index in [0.29, 0.717) is 30.0 Å². The van der Waals surface area contributed by atoms with E-state index in [-0.39, 0.29) is 24.0 Å². The van der Waals surface area contributed by atoms with Crippen LogP contribution in [0.1, 0.15) is 15.9 Å². The maximum Gasteiger partial charge on any atom is 0.176 e. The van der Waals surface area contributed by atoms with Crippen molar-refractivity contribution in [3.63, 3.8) is 0 Å². The number of ketones is 1. The number of nitrogens with two attached hydrogens (primary N) is 1. The Kier molecular flexibility index (Phi) is 7.57. The summed E-state index contributed by atoms with van der Waals surface area (Å²) in [6.45, 7) is 4.54. The first-order chi connectivity index (χ1) is 16.0. The number of benzene rings is 2. The molecule has 0 radical (unpaired) electrons. The molecule has 2 aliphatic rings. The Bertz CT molecular complexity index is 959. The van der Waals surface area contributed by atoms with Crippen molar-refractivity contribution in [3.05, 3.63) is 59.7 Å². The van der Waals surface area contributed by atoms with Crippen molar-refractivity contribution < 1.29 is 19.0 Å². The zero-order valence-electron chi connectivity index (χ0n) is 18.9. The number of methoxy groups -OCH3 is 1. The first-order valence-corrected chi connectivity index (χ1v) is 11.2. The van der Waals surface area contributed by atoms with E-state index in [1.54, 1.807) is 31.4 Å². The number of nitrogens with zero attached hydrogens (tertiary/aromatic N) is 3. The van der Waals surface area contributed by atoms with Gasteiger partial charge in [-0.1, -0.05) is 0 Å². The lowest BCUT2D eigenvalue weighted by Gasteiger charge is -2.46. The molecule has 0 saturated carbocycles. The van der Waals surface area contributed by atoms with Gasteiger partial charge < -0.3 is 19.9 Å². The van der Waals surface area contributed by atoms with Gasteiger partial charge in [-0.3, -0.25) is 14.6 Å². The van der Waals surface area contributed by atoms with Crippen LogP contribution in [0, 0.1) is 11.3 Å². The van der Waals surface area contributed by atoms with Crippen LogP contribution in [0.4, 0.5) is 0 Å². The third-order valence-electron chi connectivity index (χ3n) is 5.95. The highest BCUT2D eigenvalue weighted by Gasteiger charge is 2.35. The van der Waals surface area contributed by atoms with Crippen molar-refractivity contribution in [2.75, 3.05) is 53.0 Å². The third-order valence-corrected chi connectivity index (χ3v) is 5.95. The average molecular weight is 451 g/mol. The number of carbonyl (C=O) groups is 1. The first-order valence-electron chi connectivity index (χ1n) is 11.2. The molecule has 174 valence electrons. The lowest BCUT2D eigenvalue weighted by Crippen LogP contribution is -2.61. The van der Waals surface area contributed by atoms with Crippen LogP contribution < -0.4 is 15.2 Å². The number of nitriles is 1. The Hall–Kier alpha value is -2.96. The Morgan fingerprint density at radius 1 is 1.06 bits per heavy atom. The number of morpholine rings is 2. The smallest absolute Gasteiger partial charge is 0.176 e. The zero-order valence-corrected chi connectivity index (χ0v) is 18.9. The topological polar surface area (TPSA) is 101 Å². The molecule has 0 aromatic heterocycles. The molecule has 2 bridgehead atoms. The number of hydrogen-bond donors (Lipinski definition) is 1. The zero-order chi connectivity index (χ0) is 23.2.